The molecule has 3 aromatic rings. The van der Waals surface area contributed by atoms with Gasteiger partial charge in [0.2, 0.25) is 0 Å². The third kappa shape index (κ3) is 4.22. The van der Waals surface area contributed by atoms with E-state index in [1.165, 1.54) is 38.6 Å². The van der Waals surface area contributed by atoms with Gasteiger partial charge in [-0.2, -0.15) is 5.26 Å². The van der Waals surface area contributed by atoms with E-state index in [2.05, 4.69) is 24.5 Å². The maximum Gasteiger partial charge on any atom is 0.181 e. The van der Waals surface area contributed by atoms with Gasteiger partial charge in [0.05, 0.1) is 21.0 Å². The molecule has 0 bridgehead atoms. The van der Waals surface area contributed by atoms with Crippen molar-refractivity contribution in [1.82, 2.24) is 15.1 Å². The van der Waals surface area contributed by atoms with Gasteiger partial charge in [0.15, 0.2) is 17.3 Å². The van der Waals surface area contributed by atoms with Gasteiger partial charge < -0.3 is 10.3 Å². The van der Waals surface area contributed by atoms with Crippen molar-refractivity contribution in [2.24, 2.45) is 15.1 Å². The molecule has 0 saturated carbocycles. The fraction of sp³-hybridized carbons (Fsp3) is 0.286. The van der Waals surface area contributed by atoms with Gasteiger partial charge in [-0.05, 0) is 32.0 Å². The predicted molar refractivity (Wildman–Crippen MR) is 119 cm³/mol. The Hall–Kier alpha value is -3.65. The summed E-state index contributed by atoms with van der Waals surface area (Å²) in [6.45, 7) is 3.35. The maximum absolute atomic E-state index is 14.6. The van der Waals surface area contributed by atoms with Gasteiger partial charge >= 0.3 is 0 Å². The number of hydrogen-bond acceptors (Lipinski definition) is 8. The first-order valence-electron chi connectivity index (χ1n) is 9.48. The molecular weight excluding hydrogens is 433 g/mol. The van der Waals surface area contributed by atoms with Crippen LogP contribution in [-0.2, 0) is 15.5 Å². The number of aliphatic imine (C=N–C) groups is 1. The number of nitrogens with zero attached hydrogens (tertiary/aromatic N) is 6. The van der Waals surface area contributed by atoms with E-state index in [0.29, 0.717) is 22.6 Å². The van der Waals surface area contributed by atoms with Crippen LogP contribution in [0.2, 0.25) is 0 Å². The van der Waals surface area contributed by atoms with Crippen LogP contribution < -0.4 is 5.73 Å². The second-order valence-electron chi connectivity index (χ2n) is 7.38. The minimum absolute atomic E-state index is 0.161. The van der Waals surface area contributed by atoms with Crippen LogP contribution in [-0.4, -0.2) is 44.0 Å². The summed E-state index contributed by atoms with van der Waals surface area (Å²) in [5.74, 6) is 0.120. The average Bonchev–Trinajstić information content (AvgIpc) is 3.30. The highest BCUT2D eigenvalue weighted by atomic mass is 32.2. The quantitative estimate of drug-likeness (QED) is 0.444. The lowest BCUT2D eigenvalue weighted by molar-refractivity contribution is 0.434. The van der Waals surface area contributed by atoms with Crippen molar-refractivity contribution in [2.75, 3.05) is 14.1 Å². The molecule has 2 N–H and O–H groups in total. The number of aromatic nitrogens is 3. The van der Waals surface area contributed by atoms with Crippen LogP contribution in [0.3, 0.4) is 0 Å². The Kier molecular flexibility index (Phi) is 6.36. The molecule has 0 aliphatic carbocycles. The van der Waals surface area contributed by atoms with Crippen molar-refractivity contribution in [1.29, 1.82) is 5.26 Å². The molecule has 0 aliphatic rings. The van der Waals surface area contributed by atoms with E-state index in [1.807, 2.05) is 6.07 Å². The van der Waals surface area contributed by atoms with Gasteiger partial charge in [0.1, 0.15) is 22.5 Å². The highest BCUT2D eigenvalue weighted by Gasteiger charge is 2.36. The van der Waals surface area contributed by atoms with Crippen LogP contribution in [0.15, 0.2) is 50.5 Å². The standard InChI is InChI=1S/C21H22FN7O2S/c1-21(2,20(24)25-3)32(30,26-4)12-15-7-14(5-6-16(15)22)18-8-17(29-31-18)19-27-10-13(9-23)11-28-19/h5-8,10-11H,12H2,1-4H3,(H2,24,25). The Balaban J connectivity index is 1.97. The Morgan fingerprint density at radius 1 is 1.28 bits per heavy atom. The van der Waals surface area contributed by atoms with Crippen LogP contribution in [0.1, 0.15) is 25.0 Å². The summed E-state index contributed by atoms with van der Waals surface area (Å²) in [4.78, 5) is 12.1. The number of rotatable bonds is 6. The molecule has 1 aromatic carbocycles. The zero-order valence-corrected chi connectivity index (χ0v) is 18.9. The normalized spacial score (nSPS) is 13.9. The Bertz CT molecular complexity index is 1330. The molecule has 11 heteroatoms. The zero-order chi connectivity index (χ0) is 23.5. The Morgan fingerprint density at radius 3 is 2.56 bits per heavy atom. The summed E-state index contributed by atoms with van der Waals surface area (Å²) in [7, 11) is -0.0663. The molecule has 0 radical (unpaired) electrons. The first kappa shape index (κ1) is 23.0. The van der Waals surface area contributed by atoms with Gasteiger partial charge in [0.25, 0.3) is 0 Å². The second-order valence-corrected chi connectivity index (χ2v) is 10.3. The van der Waals surface area contributed by atoms with E-state index in [4.69, 9.17) is 15.5 Å². The number of hydrogen-bond donors (Lipinski definition) is 1. The van der Waals surface area contributed by atoms with Crippen molar-refractivity contribution >= 4 is 15.6 Å². The zero-order valence-electron chi connectivity index (χ0n) is 18.0. The van der Waals surface area contributed by atoms with Crippen molar-refractivity contribution < 1.29 is 13.1 Å². The Labute approximate surface area is 185 Å². The number of halogens is 1. The summed E-state index contributed by atoms with van der Waals surface area (Å²) in [5, 5.41) is 12.8. The first-order chi connectivity index (χ1) is 15.1. The van der Waals surface area contributed by atoms with Crippen molar-refractivity contribution in [3.8, 4) is 28.9 Å². The molecule has 166 valence electrons. The summed E-state index contributed by atoms with van der Waals surface area (Å²) < 4.78 is 36.7. The second kappa shape index (κ2) is 8.84. The Morgan fingerprint density at radius 2 is 1.97 bits per heavy atom. The van der Waals surface area contributed by atoms with Gasteiger partial charge in [-0.1, -0.05) is 5.16 Å². The molecular formula is C21H22FN7O2S. The molecule has 0 spiro atoms. The topological polar surface area (TPSA) is 143 Å². The first-order valence-corrected chi connectivity index (χ1v) is 11.2. The minimum atomic E-state index is -3.00. The fourth-order valence-electron chi connectivity index (χ4n) is 2.99. The third-order valence-electron chi connectivity index (χ3n) is 5.15. The van der Waals surface area contributed by atoms with Crippen LogP contribution in [0.5, 0.6) is 0 Å². The van der Waals surface area contributed by atoms with Crippen LogP contribution >= 0.6 is 0 Å². The molecule has 0 fully saturated rings. The molecule has 2 aromatic heterocycles. The number of nitriles is 1. The van der Waals surface area contributed by atoms with Gasteiger partial charge in [-0.15, -0.1) is 0 Å². The largest absolute Gasteiger partial charge is 0.386 e. The van der Waals surface area contributed by atoms with E-state index < -0.39 is 20.3 Å². The minimum Gasteiger partial charge on any atom is -0.386 e. The highest BCUT2D eigenvalue weighted by Crippen LogP contribution is 2.30. The maximum atomic E-state index is 14.6. The van der Waals surface area contributed by atoms with Crippen LogP contribution in [0.25, 0.3) is 22.8 Å². The van der Waals surface area contributed by atoms with E-state index in [0.717, 1.165) is 0 Å². The van der Waals surface area contributed by atoms with E-state index in [1.54, 1.807) is 26.0 Å². The molecule has 32 heavy (non-hydrogen) atoms. The summed E-state index contributed by atoms with van der Waals surface area (Å²) in [6.07, 6.45) is 2.76. The molecule has 3 rings (SSSR count). The highest BCUT2D eigenvalue weighted by molar-refractivity contribution is 7.95. The van der Waals surface area contributed by atoms with E-state index in [-0.39, 0.29) is 23.0 Å². The fourth-order valence-corrected chi connectivity index (χ4v) is 5.00. The van der Waals surface area contributed by atoms with Gasteiger partial charge in [0, 0.05) is 43.7 Å². The lowest BCUT2D eigenvalue weighted by atomic mass is 10.1. The summed E-state index contributed by atoms with van der Waals surface area (Å²) in [5.41, 5.74) is 7.37. The molecule has 1 unspecified atom stereocenters. The lowest BCUT2D eigenvalue weighted by Gasteiger charge is -2.28. The molecule has 0 amide bonds. The molecule has 1 atom stereocenters. The SMILES string of the molecule is CN=C(N)C(C)(C)S(=O)(Cc1cc(-c2cc(-c3ncc(C#N)cn3)no2)ccc1F)=NC. The monoisotopic (exact) mass is 455 g/mol. The van der Waals surface area contributed by atoms with E-state index >= 15 is 0 Å². The van der Waals surface area contributed by atoms with Crippen LogP contribution in [0, 0.1) is 17.1 Å². The lowest BCUT2D eigenvalue weighted by Crippen LogP contribution is -2.45. The van der Waals surface area contributed by atoms with Crippen molar-refractivity contribution in [3.05, 3.63) is 53.6 Å². The molecule has 0 aliphatic heterocycles. The van der Waals surface area contributed by atoms with Crippen LogP contribution in [0.4, 0.5) is 4.39 Å². The molecule has 2 heterocycles. The number of nitrogens with two attached hydrogens (primary N) is 1. The number of amidine groups is 1. The third-order valence-corrected chi connectivity index (χ3v) is 8.25. The smallest absolute Gasteiger partial charge is 0.181 e. The average molecular weight is 456 g/mol. The molecule has 9 nitrogen and oxygen atoms in total. The predicted octanol–water partition coefficient (Wildman–Crippen LogP) is 3.17. The van der Waals surface area contributed by atoms with Gasteiger partial charge in [-0.3, -0.25) is 4.99 Å². The van der Waals surface area contributed by atoms with Crippen molar-refractivity contribution in [2.45, 2.75) is 24.3 Å². The number of benzene rings is 1. The van der Waals surface area contributed by atoms with E-state index in [9.17, 15) is 8.60 Å². The summed E-state index contributed by atoms with van der Waals surface area (Å²) in [6, 6.07) is 7.88. The van der Waals surface area contributed by atoms with Gasteiger partial charge in [-0.25, -0.2) is 22.9 Å². The summed E-state index contributed by atoms with van der Waals surface area (Å²) >= 11 is 0. The molecule has 0 saturated heterocycles. The van der Waals surface area contributed by atoms with Crippen molar-refractivity contribution in [3.63, 3.8) is 0 Å².